The minimum atomic E-state index is -0.630. The van der Waals surface area contributed by atoms with E-state index >= 15 is 0 Å². The van der Waals surface area contributed by atoms with Gasteiger partial charge in [-0.15, -0.1) is 0 Å². The molecule has 0 fully saturated rings. The number of hydrogen-bond acceptors (Lipinski definition) is 10. The molecule has 0 radical (unpaired) electrons. The average molecular weight is 747 g/mol. The molecule has 0 saturated heterocycles. The summed E-state index contributed by atoms with van der Waals surface area (Å²) in [5.74, 6) is 2.45. The van der Waals surface area contributed by atoms with Gasteiger partial charge in [0.1, 0.15) is 16.8 Å². The number of hydrogen-bond donors (Lipinski definition) is 3. The number of H-pyrrole nitrogens is 1. The van der Waals surface area contributed by atoms with Gasteiger partial charge in [0.15, 0.2) is 34.5 Å². The van der Waals surface area contributed by atoms with Crippen molar-refractivity contribution in [3.63, 3.8) is 0 Å². The number of amides is 1. The van der Waals surface area contributed by atoms with Crippen molar-refractivity contribution in [3.05, 3.63) is 106 Å². The van der Waals surface area contributed by atoms with Crippen molar-refractivity contribution in [2.45, 2.75) is 19.4 Å². The molecule has 7 aromatic rings. The fourth-order valence-corrected chi connectivity index (χ4v) is 7.13. The Morgan fingerprint density at radius 2 is 1.38 bits per heavy atom. The van der Waals surface area contributed by atoms with E-state index in [-0.39, 0.29) is 23.3 Å². The van der Waals surface area contributed by atoms with Gasteiger partial charge < -0.3 is 42.4 Å². The van der Waals surface area contributed by atoms with Crippen LogP contribution in [0.25, 0.3) is 43.9 Å². The number of aromatic nitrogens is 2. The van der Waals surface area contributed by atoms with Crippen LogP contribution in [0.1, 0.15) is 21.6 Å². The number of methoxy groups -OCH3 is 6. The Morgan fingerprint density at radius 3 is 2.11 bits per heavy atom. The molecule has 0 spiro atoms. The first kappa shape index (κ1) is 36.7. The maximum absolute atomic E-state index is 14.7. The van der Waals surface area contributed by atoms with Gasteiger partial charge in [0.05, 0.1) is 42.7 Å². The number of nitrogens with zero attached hydrogens (tertiary/aromatic N) is 1. The minimum absolute atomic E-state index is 0.203. The zero-order valence-electron chi connectivity index (χ0n) is 31.5. The van der Waals surface area contributed by atoms with E-state index in [9.17, 15) is 9.59 Å². The highest BCUT2D eigenvalue weighted by Crippen LogP contribution is 2.43. The van der Waals surface area contributed by atoms with Crippen molar-refractivity contribution < 1.29 is 37.6 Å². The van der Waals surface area contributed by atoms with Crippen molar-refractivity contribution in [3.8, 4) is 45.6 Å². The van der Waals surface area contributed by atoms with E-state index < -0.39 is 11.5 Å². The molecule has 0 aliphatic heterocycles. The molecule has 0 unspecified atom stereocenters. The molecule has 4 aromatic carbocycles. The first-order valence-electron chi connectivity index (χ1n) is 17.6. The van der Waals surface area contributed by atoms with Crippen LogP contribution in [0.5, 0.6) is 34.5 Å². The van der Waals surface area contributed by atoms with Crippen LogP contribution in [-0.2, 0) is 19.4 Å². The van der Waals surface area contributed by atoms with E-state index in [0.29, 0.717) is 75.8 Å². The summed E-state index contributed by atoms with van der Waals surface area (Å²) in [5.41, 5.74) is 10.3. The van der Waals surface area contributed by atoms with Crippen LogP contribution in [0.3, 0.4) is 0 Å². The molecule has 13 nitrogen and oxygen atoms in total. The van der Waals surface area contributed by atoms with Crippen molar-refractivity contribution in [2.24, 2.45) is 0 Å². The van der Waals surface area contributed by atoms with Crippen molar-refractivity contribution in [2.75, 3.05) is 49.2 Å². The van der Waals surface area contributed by atoms with E-state index in [0.717, 1.165) is 22.0 Å². The quantitative estimate of drug-likeness (QED) is 0.0591. The topological polar surface area (TPSA) is 147 Å². The summed E-state index contributed by atoms with van der Waals surface area (Å²) in [6, 6.07) is 22.4. The molecule has 284 valence electrons. The van der Waals surface area contributed by atoms with Crippen molar-refractivity contribution in [1.82, 2.24) is 20.4 Å². The average Bonchev–Trinajstić information content (AvgIpc) is 3.80. The van der Waals surface area contributed by atoms with Gasteiger partial charge in [-0.25, -0.2) is 10.2 Å². The molecule has 1 amide bonds. The van der Waals surface area contributed by atoms with E-state index in [1.165, 1.54) is 14.2 Å². The lowest BCUT2D eigenvalue weighted by atomic mass is 9.98. The number of hydrazine groups is 1. The van der Waals surface area contributed by atoms with Crippen LogP contribution < -0.4 is 44.9 Å². The number of aryl methyl sites for hydroxylation is 2. The molecule has 0 saturated carbocycles. The molecule has 55 heavy (non-hydrogen) atoms. The molecule has 3 N–H and O–H groups in total. The molecular formula is C42H42N4O9. The first-order valence-corrected chi connectivity index (χ1v) is 17.6. The van der Waals surface area contributed by atoms with E-state index in [1.807, 2.05) is 48.7 Å². The number of carbonyl (C=O) groups is 1. The SMILES string of the molecule is COc1ccc(CCn2c(C(=O)NNCCc3c[nH]c4ccccc34)c(-c3ccc(OC)c(OC)c3)c3c4cc(OC)c(OC)cc4oc(=O)c32)cc1OC. The second kappa shape index (κ2) is 15.8. The lowest BCUT2D eigenvalue weighted by molar-refractivity contribution is 0.0925. The minimum Gasteiger partial charge on any atom is -0.493 e. The summed E-state index contributed by atoms with van der Waals surface area (Å²) in [7, 11) is 9.28. The second-order valence-corrected chi connectivity index (χ2v) is 12.7. The highest BCUT2D eigenvalue weighted by molar-refractivity contribution is 6.18. The fourth-order valence-electron chi connectivity index (χ4n) is 7.13. The van der Waals surface area contributed by atoms with Crippen LogP contribution in [0.4, 0.5) is 0 Å². The summed E-state index contributed by atoms with van der Waals surface area (Å²) < 4.78 is 41.2. The molecule has 13 heteroatoms. The summed E-state index contributed by atoms with van der Waals surface area (Å²) in [6.45, 7) is 0.661. The monoisotopic (exact) mass is 746 g/mol. The lowest BCUT2D eigenvalue weighted by Crippen LogP contribution is -2.39. The number of fused-ring (bicyclic) bond motifs is 4. The maximum atomic E-state index is 14.7. The smallest absolute Gasteiger partial charge is 0.361 e. The molecule has 0 atom stereocenters. The van der Waals surface area contributed by atoms with Gasteiger partial charge in [-0.2, -0.15) is 0 Å². The van der Waals surface area contributed by atoms with Crippen LogP contribution in [-0.4, -0.2) is 64.7 Å². The van der Waals surface area contributed by atoms with E-state index in [2.05, 4.69) is 21.9 Å². The number of para-hydroxylation sites is 1. The van der Waals surface area contributed by atoms with E-state index in [4.69, 9.17) is 32.8 Å². The van der Waals surface area contributed by atoms with Gasteiger partial charge in [0, 0.05) is 52.6 Å². The highest BCUT2D eigenvalue weighted by Gasteiger charge is 2.30. The Balaban J connectivity index is 1.41. The lowest BCUT2D eigenvalue weighted by Gasteiger charge is -2.15. The third-order valence-corrected chi connectivity index (χ3v) is 9.77. The van der Waals surface area contributed by atoms with Gasteiger partial charge in [-0.05, 0) is 65.9 Å². The number of nitrogens with one attached hydrogen (secondary N) is 3. The van der Waals surface area contributed by atoms with Crippen LogP contribution in [0.15, 0.2) is 88.2 Å². The summed E-state index contributed by atoms with van der Waals surface area (Å²) >= 11 is 0. The van der Waals surface area contributed by atoms with Gasteiger partial charge in [0.2, 0.25) is 0 Å². The third-order valence-electron chi connectivity index (χ3n) is 9.77. The van der Waals surface area contributed by atoms with Gasteiger partial charge >= 0.3 is 5.63 Å². The largest absolute Gasteiger partial charge is 0.493 e. The molecular weight excluding hydrogens is 704 g/mol. The zero-order chi connectivity index (χ0) is 38.6. The van der Waals surface area contributed by atoms with E-state index in [1.54, 1.807) is 57.3 Å². The predicted molar refractivity (Wildman–Crippen MR) is 210 cm³/mol. The van der Waals surface area contributed by atoms with Crippen LogP contribution in [0, 0.1) is 0 Å². The number of ether oxygens (including phenoxy) is 6. The van der Waals surface area contributed by atoms with Crippen LogP contribution in [0.2, 0.25) is 0 Å². The Labute approximate surface area is 316 Å². The molecule has 7 rings (SSSR count). The van der Waals surface area contributed by atoms with Gasteiger partial charge in [-0.1, -0.05) is 30.3 Å². The zero-order valence-corrected chi connectivity index (χ0v) is 31.5. The van der Waals surface area contributed by atoms with Gasteiger partial charge in [-0.3, -0.25) is 10.2 Å². The molecule has 3 aromatic heterocycles. The number of rotatable bonds is 15. The molecule has 0 aliphatic rings. The highest BCUT2D eigenvalue weighted by atomic mass is 16.5. The fraction of sp³-hybridized carbons (Fsp3) is 0.238. The molecule has 3 heterocycles. The Hall–Kier alpha value is -6.60. The summed E-state index contributed by atoms with van der Waals surface area (Å²) in [4.78, 5) is 32.2. The number of benzene rings is 4. The summed E-state index contributed by atoms with van der Waals surface area (Å²) in [6.07, 6.45) is 3.04. The third kappa shape index (κ3) is 6.85. The maximum Gasteiger partial charge on any atom is 0.361 e. The molecule has 0 bridgehead atoms. The standard InChI is InChI=1S/C42H42N4O9/c1-49-30-13-11-24(19-33(30)51-3)16-18-46-39(41(47)45-44-17-15-26-23-43-29-10-8-7-9-27(26)29)37(25-12-14-31(50-2)34(20-25)52-4)38-28-21-35(53-5)36(54-6)22-32(28)55-42(48)40(38)46/h7-14,19-23,43-44H,15-18H2,1-6H3,(H,45,47). The van der Waals surface area contributed by atoms with Crippen molar-refractivity contribution in [1.29, 1.82) is 0 Å². The Morgan fingerprint density at radius 1 is 0.727 bits per heavy atom. The Bertz CT molecular complexity index is 2590. The normalized spacial score (nSPS) is 11.2. The van der Waals surface area contributed by atoms with Crippen molar-refractivity contribution >= 4 is 38.7 Å². The van der Waals surface area contributed by atoms with Crippen LogP contribution >= 0.6 is 0 Å². The second-order valence-electron chi connectivity index (χ2n) is 12.7. The number of carbonyl (C=O) groups excluding carboxylic acids is 1. The Kier molecular flexibility index (Phi) is 10.5. The summed E-state index contributed by atoms with van der Waals surface area (Å²) in [5, 5.41) is 2.16. The molecule has 0 aliphatic carbocycles. The first-order chi connectivity index (χ1) is 26.8. The van der Waals surface area contributed by atoms with Gasteiger partial charge in [0.25, 0.3) is 5.91 Å². The predicted octanol–water partition coefficient (Wildman–Crippen LogP) is 6.67. The number of aromatic amines is 1.